The van der Waals surface area contributed by atoms with Crippen molar-refractivity contribution >= 4 is 46.7 Å². The van der Waals surface area contributed by atoms with E-state index in [2.05, 4.69) is 10.3 Å². The van der Waals surface area contributed by atoms with Crippen LogP contribution in [0.3, 0.4) is 0 Å². The van der Waals surface area contributed by atoms with Gasteiger partial charge in [-0.3, -0.25) is 24.0 Å². The van der Waals surface area contributed by atoms with Crippen LogP contribution in [0.2, 0.25) is 0 Å². The van der Waals surface area contributed by atoms with Crippen LogP contribution in [0, 0.1) is 0 Å². The van der Waals surface area contributed by atoms with Crippen molar-refractivity contribution in [3.63, 3.8) is 0 Å². The molecule has 0 radical (unpaired) electrons. The Morgan fingerprint density at radius 1 is 0.955 bits per heavy atom. The van der Waals surface area contributed by atoms with Gasteiger partial charge in [0.2, 0.25) is 11.8 Å². The molecule has 1 aromatic carbocycles. The highest BCUT2D eigenvalue weighted by Gasteiger charge is 2.36. The van der Waals surface area contributed by atoms with E-state index in [0.29, 0.717) is 0 Å². The van der Waals surface area contributed by atoms with Gasteiger partial charge in [-0.25, -0.2) is 9.78 Å². The summed E-state index contributed by atoms with van der Waals surface area (Å²) in [6, 6.07) is 4.47. The van der Waals surface area contributed by atoms with Crippen LogP contribution in [-0.2, 0) is 28.6 Å². The van der Waals surface area contributed by atoms with Gasteiger partial charge < -0.3 is 39.8 Å². The second-order valence-electron chi connectivity index (χ2n) is 9.64. The number of piperazine rings is 1. The van der Waals surface area contributed by atoms with Crippen LogP contribution in [0.15, 0.2) is 18.2 Å². The summed E-state index contributed by atoms with van der Waals surface area (Å²) in [6.07, 6.45) is -0.703. The van der Waals surface area contributed by atoms with Gasteiger partial charge in [0.1, 0.15) is 6.54 Å². The highest BCUT2D eigenvalue weighted by Crippen LogP contribution is 2.38. The molecule has 15 heteroatoms. The second-order valence-corrected chi connectivity index (χ2v) is 9.64. The van der Waals surface area contributed by atoms with Crippen LogP contribution in [0.1, 0.15) is 59.0 Å². The Balaban J connectivity index is 2.14. The molecule has 0 bridgehead atoms. The van der Waals surface area contributed by atoms with E-state index >= 15 is 0 Å². The molecule has 1 aliphatic rings. The Morgan fingerprint density at radius 3 is 2.20 bits per heavy atom. The molecule has 1 aliphatic heterocycles. The van der Waals surface area contributed by atoms with E-state index in [1.54, 1.807) is 13.8 Å². The molecule has 238 valence electrons. The Labute approximate surface area is 253 Å². The highest BCUT2D eigenvalue weighted by molar-refractivity contribution is 6.16. The lowest BCUT2D eigenvalue weighted by Gasteiger charge is -2.36. The maximum atomic E-state index is 14.1. The van der Waals surface area contributed by atoms with E-state index in [1.165, 1.54) is 42.2 Å². The highest BCUT2D eigenvalue weighted by atomic mass is 16.6. The van der Waals surface area contributed by atoms with Crippen LogP contribution in [0.5, 0.6) is 5.75 Å². The van der Waals surface area contributed by atoms with Gasteiger partial charge in [0.25, 0.3) is 5.91 Å². The largest absolute Gasteiger partial charge is 0.494 e. The number of primary amides is 1. The molecule has 1 fully saturated rings. The first kappa shape index (κ1) is 33.6. The number of hydrogen-bond donors (Lipinski definition) is 2. The van der Waals surface area contributed by atoms with Crippen molar-refractivity contribution in [2.75, 3.05) is 60.2 Å². The summed E-state index contributed by atoms with van der Waals surface area (Å²) in [5.41, 5.74) is 5.61. The average Bonchev–Trinajstić information content (AvgIpc) is 3.02. The van der Waals surface area contributed by atoms with Crippen molar-refractivity contribution in [1.29, 1.82) is 0 Å². The van der Waals surface area contributed by atoms with Crippen molar-refractivity contribution in [2.45, 2.75) is 32.6 Å². The first-order valence-electron chi connectivity index (χ1n) is 14.1. The number of ether oxygens (including phenoxy) is 4. The summed E-state index contributed by atoms with van der Waals surface area (Å²) in [6.45, 7) is 3.96. The van der Waals surface area contributed by atoms with Crippen LogP contribution in [0.4, 0.5) is 4.79 Å². The normalized spacial score (nSPS) is 13.5. The number of benzene rings is 1. The number of methoxy groups -OCH3 is 2. The lowest BCUT2D eigenvalue weighted by molar-refractivity contribution is -0.142. The summed E-state index contributed by atoms with van der Waals surface area (Å²) < 4.78 is 20.4. The molecule has 1 unspecified atom stereocenters. The lowest BCUT2D eigenvalue weighted by Crippen LogP contribution is -2.51. The molecule has 0 saturated carbocycles. The van der Waals surface area contributed by atoms with Crippen molar-refractivity contribution in [1.82, 2.24) is 20.1 Å². The van der Waals surface area contributed by atoms with Crippen molar-refractivity contribution < 1.29 is 47.7 Å². The SMILES string of the molecule is CCOC(=O)CNC(=O)c1c(OC)c(C(CCC(=O)OC)C(=O)N2CCN(C(=O)OCC)CC2)nc2cccc(C(N)=O)c12. The Kier molecular flexibility index (Phi) is 11.8. The van der Waals surface area contributed by atoms with Crippen molar-refractivity contribution in [3.8, 4) is 5.75 Å². The molecule has 0 spiro atoms. The van der Waals surface area contributed by atoms with E-state index < -0.39 is 48.2 Å². The molecule has 2 heterocycles. The number of carbonyl (C=O) groups is 6. The number of esters is 2. The predicted molar refractivity (Wildman–Crippen MR) is 155 cm³/mol. The third kappa shape index (κ3) is 7.71. The number of fused-ring (bicyclic) bond motifs is 1. The van der Waals surface area contributed by atoms with E-state index in [1.807, 2.05) is 0 Å². The van der Waals surface area contributed by atoms with Crippen LogP contribution < -0.4 is 15.8 Å². The van der Waals surface area contributed by atoms with Gasteiger partial charge in [-0.15, -0.1) is 0 Å². The molecule has 2 aromatic rings. The van der Waals surface area contributed by atoms with Gasteiger partial charge in [-0.05, 0) is 32.4 Å². The predicted octanol–water partition coefficient (Wildman–Crippen LogP) is 0.973. The number of nitrogens with zero attached hydrogens (tertiary/aromatic N) is 3. The molecule has 15 nitrogen and oxygen atoms in total. The third-order valence-corrected chi connectivity index (χ3v) is 7.00. The number of nitrogens with one attached hydrogen (secondary N) is 1. The number of rotatable bonds is 12. The number of aromatic nitrogens is 1. The molecule has 4 amide bonds. The minimum atomic E-state index is -1.10. The van der Waals surface area contributed by atoms with Gasteiger partial charge >= 0.3 is 18.0 Å². The van der Waals surface area contributed by atoms with Gasteiger partial charge in [0.05, 0.1) is 50.1 Å². The molecule has 3 N–H and O–H groups in total. The minimum absolute atomic E-state index is 0.0321. The molecule has 1 atom stereocenters. The first-order chi connectivity index (χ1) is 21.1. The molecule has 0 aliphatic carbocycles. The summed E-state index contributed by atoms with van der Waals surface area (Å²) >= 11 is 0. The fourth-order valence-corrected chi connectivity index (χ4v) is 4.92. The number of hydrogen-bond acceptors (Lipinski definition) is 11. The molecule has 44 heavy (non-hydrogen) atoms. The maximum absolute atomic E-state index is 14.1. The zero-order valence-electron chi connectivity index (χ0n) is 25.2. The second kappa shape index (κ2) is 15.5. The van der Waals surface area contributed by atoms with Gasteiger partial charge in [0.15, 0.2) is 5.75 Å². The Hall–Kier alpha value is -4.95. The summed E-state index contributed by atoms with van der Waals surface area (Å²) in [4.78, 5) is 84.1. The quantitative estimate of drug-likeness (QED) is 0.255. The lowest BCUT2D eigenvalue weighted by atomic mass is 9.91. The van der Waals surface area contributed by atoms with E-state index in [4.69, 9.17) is 24.7 Å². The van der Waals surface area contributed by atoms with E-state index in [0.717, 1.165) is 0 Å². The molecular formula is C29H37N5O10. The first-order valence-corrected chi connectivity index (χ1v) is 14.1. The topological polar surface area (TPSA) is 197 Å². The number of carbonyl (C=O) groups excluding carboxylic acids is 6. The molecule has 1 saturated heterocycles. The number of nitrogens with two attached hydrogens (primary N) is 1. The Bertz CT molecular complexity index is 1420. The summed E-state index contributed by atoms with van der Waals surface area (Å²) in [5, 5.41) is 2.53. The Morgan fingerprint density at radius 2 is 1.61 bits per heavy atom. The van der Waals surface area contributed by atoms with E-state index in [-0.39, 0.29) is 85.7 Å². The van der Waals surface area contributed by atoms with Gasteiger partial charge in [0, 0.05) is 43.5 Å². The maximum Gasteiger partial charge on any atom is 0.409 e. The van der Waals surface area contributed by atoms with Gasteiger partial charge in [-0.1, -0.05) is 6.07 Å². The standard InChI is InChI=1S/C29H37N5O10/c1-5-43-21(36)16-31-27(38)23-22-17(26(30)37)8-7-9-19(22)32-24(25(23)42-4)18(10-11-20(35)41-3)28(39)33-12-14-34(15-13-33)29(40)44-6-2/h7-9,18H,5-6,10-16H2,1-4H3,(H2,30,37)(H,31,38). The number of amides is 4. The third-order valence-electron chi connectivity index (χ3n) is 7.00. The smallest absolute Gasteiger partial charge is 0.409 e. The fraction of sp³-hybridized carbons (Fsp3) is 0.483. The fourth-order valence-electron chi connectivity index (χ4n) is 4.92. The van der Waals surface area contributed by atoms with E-state index in [9.17, 15) is 28.8 Å². The summed E-state index contributed by atoms with van der Waals surface area (Å²) in [7, 11) is 2.49. The van der Waals surface area contributed by atoms with Crippen LogP contribution in [0.25, 0.3) is 10.9 Å². The molecule has 3 rings (SSSR count). The van der Waals surface area contributed by atoms with Crippen molar-refractivity contribution in [3.05, 3.63) is 35.0 Å². The minimum Gasteiger partial charge on any atom is -0.494 e. The number of pyridine rings is 1. The van der Waals surface area contributed by atoms with Gasteiger partial charge in [-0.2, -0.15) is 0 Å². The zero-order chi connectivity index (χ0) is 32.4. The zero-order valence-corrected chi connectivity index (χ0v) is 25.2. The van der Waals surface area contributed by atoms with Crippen LogP contribution in [-0.4, -0.2) is 111 Å². The van der Waals surface area contributed by atoms with Crippen LogP contribution >= 0.6 is 0 Å². The van der Waals surface area contributed by atoms with Crippen molar-refractivity contribution in [2.24, 2.45) is 5.73 Å². The average molecular weight is 616 g/mol. The summed E-state index contributed by atoms with van der Waals surface area (Å²) in [5.74, 6) is -4.58. The molecular weight excluding hydrogens is 578 g/mol. The monoisotopic (exact) mass is 615 g/mol. The molecule has 1 aromatic heterocycles.